The van der Waals surface area contributed by atoms with Gasteiger partial charge in [-0.25, -0.2) is 14.4 Å². The zero-order valence-electron chi connectivity index (χ0n) is 19.8. The molecule has 2 aromatic heterocycles. The number of rotatable bonds is 9. The van der Waals surface area contributed by atoms with Gasteiger partial charge in [-0.1, -0.05) is 18.5 Å². The number of carbonyl (C=O) groups excluding carboxylic acids is 1. The number of fused-ring (bicyclic) bond motifs is 1. The van der Waals surface area contributed by atoms with Crippen LogP contribution < -0.4 is 16.4 Å². The number of imidazole rings is 1. The van der Waals surface area contributed by atoms with Crippen molar-refractivity contribution in [1.82, 2.24) is 19.5 Å². The van der Waals surface area contributed by atoms with Crippen LogP contribution in [0.15, 0.2) is 18.3 Å². The average molecular weight is 515 g/mol. The first-order chi connectivity index (χ1) is 17.3. The Hall–Kier alpha value is -3.49. The number of aliphatic hydroxyl groups is 1. The highest BCUT2D eigenvalue weighted by Crippen LogP contribution is 2.39. The number of nitriles is 1. The third-order valence-electron chi connectivity index (χ3n) is 6.56. The van der Waals surface area contributed by atoms with Gasteiger partial charge in [-0.15, -0.1) is 0 Å². The Labute approximate surface area is 212 Å². The first-order valence-corrected chi connectivity index (χ1v) is 12.3. The minimum atomic E-state index is -0.676. The van der Waals surface area contributed by atoms with Crippen LogP contribution in [-0.4, -0.2) is 43.2 Å². The second kappa shape index (κ2) is 11.1. The van der Waals surface area contributed by atoms with E-state index in [-0.39, 0.29) is 46.8 Å². The van der Waals surface area contributed by atoms with Crippen LogP contribution in [0.25, 0.3) is 11.2 Å². The molecule has 4 rings (SSSR count). The molecule has 1 aromatic carbocycles. The van der Waals surface area contributed by atoms with Crippen molar-refractivity contribution in [3.8, 4) is 6.07 Å². The van der Waals surface area contributed by atoms with E-state index in [1.54, 1.807) is 6.20 Å². The number of nitrogens with two attached hydrogens (primary N) is 1. The topological polar surface area (TPSA) is 155 Å². The number of benzene rings is 1. The molecule has 0 aliphatic heterocycles. The lowest BCUT2D eigenvalue weighted by Crippen LogP contribution is -2.25. The number of nitrogens with zero attached hydrogens (tertiary/aromatic N) is 5. The van der Waals surface area contributed by atoms with Crippen LogP contribution in [0.3, 0.4) is 0 Å². The molecule has 10 nitrogen and oxygen atoms in total. The Morgan fingerprint density at radius 3 is 2.72 bits per heavy atom. The van der Waals surface area contributed by atoms with E-state index in [1.165, 1.54) is 6.07 Å². The standard InChI is InChI=1S/C24H28ClFN8O2/c1-2-15(12-35)30-23-29-11-19-22(33-23)34(16-5-3-13(4-6-16)9-20(28)36)24(31-19)32-21-17(25)7-14(10-27)8-18(21)26/h7-8,11,13,15-16,35H,2-6,9,12H2,1H3,(H2,28,36)(H,31,32)(H,29,30,33)/t13?,15-,16?/m0/s1. The van der Waals surface area contributed by atoms with Crippen molar-refractivity contribution in [2.24, 2.45) is 11.7 Å². The van der Waals surface area contributed by atoms with E-state index in [0.717, 1.165) is 31.7 Å². The first-order valence-electron chi connectivity index (χ1n) is 11.9. The van der Waals surface area contributed by atoms with Crippen LogP contribution in [0.2, 0.25) is 5.02 Å². The molecule has 1 aliphatic carbocycles. The van der Waals surface area contributed by atoms with Gasteiger partial charge in [0.25, 0.3) is 0 Å². The normalized spacial score (nSPS) is 18.5. The van der Waals surface area contributed by atoms with Gasteiger partial charge >= 0.3 is 0 Å². The Bertz CT molecular complexity index is 1270. The maximum atomic E-state index is 14.8. The van der Waals surface area contributed by atoms with Crippen molar-refractivity contribution in [1.29, 1.82) is 5.26 Å². The number of halogens is 2. The van der Waals surface area contributed by atoms with E-state index < -0.39 is 5.82 Å². The third-order valence-corrected chi connectivity index (χ3v) is 6.86. The maximum Gasteiger partial charge on any atom is 0.225 e. The van der Waals surface area contributed by atoms with Gasteiger partial charge in [-0.05, 0) is 50.2 Å². The third kappa shape index (κ3) is 5.50. The van der Waals surface area contributed by atoms with Crippen LogP contribution in [-0.2, 0) is 4.79 Å². The van der Waals surface area contributed by atoms with E-state index in [1.807, 2.05) is 17.6 Å². The molecule has 5 N–H and O–H groups in total. The molecule has 0 saturated heterocycles. The predicted octanol–water partition coefficient (Wildman–Crippen LogP) is 4.02. The number of carbonyl (C=O) groups is 1. The summed E-state index contributed by atoms with van der Waals surface area (Å²) >= 11 is 6.29. The molecule has 0 spiro atoms. The van der Waals surface area contributed by atoms with Crippen molar-refractivity contribution in [3.63, 3.8) is 0 Å². The number of primary amides is 1. The van der Waals surface area contributed by atoms with Crippen molar-refractivity contribution in [2.75, 3.05) is 17.2 Å². The van der Waals surface area contributed by atoms with Crippen molar-refractivity contribution < 1.29 is 14.3 Å². The highest BCUT2D eigenvalue weighted by Gasteiger charge is 2.28. The van der Waals surface area contributed by atoms with Crippen molar-refractivity contribution in [3.05, 3.63) is 34.7 Å². The number of nitrogens with one attached hydrogen (secondary N) is 2. The van der Waals surface area contributed by atoms with Crippen LogP contribution >= 0.6 is 11.6 Å². The zero-order valence-corrected chi connectivity index (χ0v) is 20.6. The molecule has 12 heteroatoms. The number of aromatic nitrogens is 4. The molecule has 0 radical (unpaired) electrons. The van der Waals surface area contributed by atoms with Crippen molar-refractivity contribution >= 4 is 46.3 Å². The number of hydrogen-bond acceptors (Lipinski definition) is 8. The van der Waals surface area contributed by atoms with Gasteiger partial charge in [0.1, 0.15) is 11.3 Å². The SMILES string of the molecule is CC[C@@H](CO)Nc1ncc2nc(Nc3c(F)cc(C#N)cc3Cl)n(C3CCC(CC(N)=O)CC3)c2n1. The summed E-state index contributed by atoms with van der Waals surface area (Å²) in [6.45, 7) is 1.88. The summed E-state index contributed by atoms with van der Waals surface area (Å²) in [5.74, 6) is -0.0738. The fourth-order valence-corrected chi connectivity index (χ4v) is 4.87. The fraction of sp³-hybridized carbons (Fsp3) is 0.458. The Kier molecular flexibility index (Phi) is 7.86. The second-order valence-corrected chi connectivity index (χ2v) is 9.44. The smallest absolute Gasteiger partial charge is 0.225 e. The number of amides is 1. The Morgan fingerprint density at radius 2 is 2.11 bits per heavy atom. The lowest BCUT2D eigenvalue weighted by molar-refractivity contribution is -0.119. The minimum Gasteiger partial charge on any atom is -0.394 e. The van der Waals surface area contributed by atoms with Gasteiger partial charge < -0.3 is 21.5 Å². The molecule has 1 saturated carbocycles. The molecule has 2 heterocycles. The van der Waals surface area contributed by atoms with Gasteiger partial charge in [0.05, 0.1) is 41.2 Å². The van der Waals surface area contributed by atoms with Gasteiger partial charge in [-0.2, -0.15) is 10.2 Å². The molecule has 3 aromatic rings. The highest BCUT2D eigenvalue weighted by atomic mass is 35.5. The zero-order chi connectivity index (χ0) is 25.8. The lowest BCUT2D eigenvalue weighted by atomic mass is 9.84. The monoisotopic (exact) mass is 514 g/mol. The number of hydrogen-bond donors (Lipinski definition) is 4. The van der Waals surface area contributed by atoms with E-state index in [0.29, 0.717) is 35.9 Å². The van der Waals surface area contributed by atoms with E-state index in [2.05, 4.69) is 25.6 Å². The van der Waals surface area contributed by atoms with E-state index in [9.17, 15) is 14.3 Å². The van der Waals surface area contributed by atoms with E-state index >= 15 is 0 Å². The molecule has 1 aliphatic rings. The predicted molar refractivity (Wildman–Crippen MR) is 134 cm³/mol. The average Bonchev–Trinajstić information content (AvgIpc) is 3.22. The summed E-state index contributed by atoms with van der Waals surface area (Å²) in [5.41, 5.74) is 6.56. The molecule has 1 amide bonds. The molecular weight excluding hydrogens is 487 g/mol. The summed E-state index contributed by atoms with van der Waals surface area (Å²) in [4.78, 5) is 25.0. The van der Waals surface area contributed by atoms with Crippen molar-refractivity contribution in [2.45, 2.75) is 57.5 Å². The largest absolute Gasteiger partial charge is 0.394 e. The highest BCUT2D eigenvalue weighted by molar-refractivity contribution is 6.33. The number of aliphatic hydroxyl groups excluding tert-OH is 1. The molecule has 0 bridgehead atoms. The summed E-state index contributed by atoms with van der Waals surface area (Å²) < 4.78 is 16.7. The van der Waals surface area contributed by atoms with Crippen LogP contribution in [0, 0.1) is 23.1 Å². The Balaban J connectivity index is 1.74. The van der Waals surface area contributed by atoms with Gasteiger partial charge in [0.15, 0.2) is 5.65 Å². The summed E-state index contributed by atoms with van der Waals surface area (Å²) in [5, 5.41) is 24.8. The number of anilines is 3. The molecule has 190 valence electrons. The second-order valence-electron chi connectivity index (χ2n) is 9.04. The van der Waals surface area contributed by atoms with Gasteiger partial charge in [0, 0.05) is 12.5 Å². The molecule has 0 unspecified atom stereocenters. The first kappa shape index (κ1) is 25.6. The van der Waals surface area contributed by atoms with Crippen LogP contribution in [0.1, 0.15) is 57.1 Å². The summed E-state index contributed by atoms with van der Waals surface area (Å²) in [7, 11) is 0. The Morgan fingerprint density at radius 1 is 1.36 bits per heavy atom. The van der Waals surface area contributed by atoms with Crippen LogP contribution in [0.4, 0.5) is 22.0 Å². The maximum absolute atomic E-state index is 14.8. The molecule has 1 fully saturated rings. The lowest BCUT2D eigenvalue weighted by Gasteiger charge is -2.30. The van der Waals surface area contributed by atoms with Gasteiger partial charge in [-0.3, -0.25) is 9.36 Å². The molecular formula is C24H28ClFN8O2. The summed E-state index contributed by atoms with van der Waals surface area (Å²) in [6, 6.07) is 4.15. The molecule has 1 atom stereocenters. The quantitative estimate of drug-likeness (QED) is 0.333. The van der Waals surface area contributed by atoms with Crippen LogP contribution in [0.5, 0.6) is 0 Å². The van der Waals surface area contributed by atoms with E-state index in [4.69, 9.17) is 22.6 Å². The fourth-order valence-electron chi connectivity index (χ4n) is 4.61. The molecule has 36 heavy (non-hydrogen) atoms. The summed E-state index contributed by atoms with van der Waals surface area (Å²) in [6.07, 6.45) is 5.72. The van der Waals surface area contributed by atoms with Gasteiger partial charge in [0.2, 0.25) is 17.8 Å². The minimum absolute atomic E-state index is 0.00673.